The molecule has 0 spiro atoms. The number of nitrogens with zero attached hydrogens (tertiary/aromatic N) is 2. The fourth-order valence-electron chi connectivity index (χ4n) is 3.72. The van der Waals surface area contributed by atoms with Crippen LogP contribution in [0.5, 0.6) is 0 Å². The Kier molecular flexibility index (Phi) is 2.89. The molecule has 0 radical (unpaired) electrons. The third-order valence-corrected chi connectivity index (χ3v) is 5.02. The summed E-state index contributed by atoms with van der Waals surface area (Å²) in [4.78, 5) is 19.5. The van der Waals surface area contributed by atoms with Gasteiger partial charge in [0, 0.05) is 24.9 Å². The van der Waals surface area contributed by atoms with Crippen molar-refractivity contribution < 1.29 is 14.4 Å². The number of ether oxygens (including phenoxy) is 1. The summed E-state index contributed by atoms with van der Waals surface area (Å²) in [5, 5.41) is 4.32. The van der Waals surface area contributed by atoms with Gasteiger partial charge in [0.15, 0.2) is 0 Å². The van der Waals surface area contributed by atoms with E-state index in [1.54, 1.807) is 0 Å². The van der Waals surface area contributed by atoms with Gasteiger partial charge < -0.3 is 14.5 Å². The van der Waals surface area contributed by atoms with E-state index in [4.69, 9.17) is 9.57 Å². The molecule has 2 fully saturated rings. The van der Waals surface area contributed by atoms with Gasteiger partial charge in [-0.05, 0) is 46.5 Å². The molecule has 0 aromatic rings. The molecule has 3 atom stereocenters. The highest BCUT2D eigenvalue weighted by Gasteiger charge is 2.69. The second kappa shape index (κ2) is 4.14. The van der Waals surface area contributed by atoms with Crippen LogP contribution in [0.3, 0.4) is 0 Å². The van der Waals surface area contributed by atoms with Crippen LogP contribution in [0, 0.1) is 17.3 Å². The predicted octanol–water partition coefficient (Wildman–Crippen LogP) is 3.04. The quantitative estimate of drug-likeness (QED) is 0.747. The van der Waals surface area contributed by atoms with Gasteiger partial charge in [0.1, 0.15) is 11.2 Å². The van der Waals surface area contributed by atoms with Crippen LogP contribution in [0.4, 0.5) is 4.79 Å². The SMILES string of the molecule is CC(C)(C)OC(=O)N1CC2[C@@H](C1)C2(C)C1=NOC(C)(C)C1. The van der Waals surface area contributed by atoms with E-state index >= 15 is 0 Å². The van der Waals surface area contributed by atoms with Crippen molar-refractivity contribution in [1.82, 2.24) is 4.90 Å². The molecule has 2 unspecified atom stereocenters. The van der Waals surface area contributed by atoms with E-state index in [9.17, 15) is 4.79 Å². The number of likely N-dealkylation sites (tertiary alicyclic amines) is 1. The summed E-state index contributed by atoms with van der Waals surface area (Å²) in [6, 6.07) is 0. The van der Waals surface area contributed by atoms with Gasteiger partial charge in [-0.3, -0.25) is 0 Å². The maximum absolute atomic E-state index is 12.1. The molecule has 0 bridgehead atoms. The van der Waals surface area contributed by atoms with Crippen molar-refractivity contribution in [1.29, 1.82) is 0 Å². The highest BCUT2D eigenvalue weighted by atomic mass is 16.7. The molecule has 5 heteroatoms. The Bertz CT molecular complexity index is 492. The Labute approximate surface area is 126 Å². The zero-order valence-corrected chi connectivity index (χ0v) is 13.9. The first-order chi connectivity index (χ1) is 9.53. The van der Waals surface area contributed by atoms with Crippen LogP contribution in [-0.4, -0.2) is 41.0 Å². The number of hydrogen-bond donors (Lipinski definition) is 0. The molecule has 1 saturated heterocycles. The summed E-state index contributed by atoms with van der Waals surface area (Å²) in [5.41, 5.74) is 0.679. The van der Waals surface area contributed by atoms with Gasteiger partial charge in [0.2, 0.25) is 0 Å². The van der Waals surface area contributed by atoms with Crippen molar-refractivity contribution in [3.8, 4) is 0 Å². The molecule has 0 aromatic heterocycles. The van der Waals surface area contributed by atoms with Crippen LogP contribution in [0.1, 0.15) is 48.0 Å². The average molecular weight is 294 g/mol. The minimum Gasteiger partial charge on any atom is -0.444 e. The third-order valence-electron chi connectivity index (χ3n) is 5.02. The Balaban J connectivity index is 1.60. The Morgan fingerprint density at radius 3 is 2.29 bits per heavy atom. The zero-order chi connectivity index (χ0) is 15.6. The van der Waals surface area contributed by atoms with E-state index in [2.05, 4.69) is 25.9 Å². The smallest absolute Gasteiger partial charge is 0.410 e. The highest BCUT2D eigenvalue weighted by Crippen LogP contribution is 2.64. The van der Waals surface area contributed by atoms with Crippen molar-refractivity contribution in [3.05, 3.63) is 0 Å². The lowest BCUT2D eigenvalue weighted by atomic mass is 9.89. The Morgan fingerprint density at radius 2 is 1.86 bits per heavy atom. The van der Waals surface area contributed by atoms with Gasteiger partial charge >= 0.3 is 6.09 Å². The molecular formula is C16H26N2O3. The summed E-state index contributed by atoms with van der Waals surface area (Å²) >= 11 is 0. The van der Waals surface area contributed by atoms with Gasteiger partial charge in [0.05, 0.1) is 5.71 Å². The number of rotatable bonds is 1. The minimum atomic E-state index is -0.430. The van der Waals surface area contributed by atoms with E-state index in [1.165, 1.54) is 5.71 Å². The number of oxime groups is 1. The lowest BCUT2D eigenvalue weighted by molar-refractivity contribution is 0.0123. The zero-order valence-electron chi connectivity index (χ0n) is 13.9. The first-order valence-electron chi connectivity index (χ1n) is 7.76. The largest absolute Gasteiger partial charge is 0.444 e. The van der Waals surface area contributed by atoms with Crippen molar-refractivity contribution in [2.24, 2.45) is 22.4 Å². The van der Waals surface area contributed by atoms with Gasteiger partial charge in [-0.2, -0.15) is 0 Å². The Morgan fingerprint density at radius 1 is 1.29 bits per heavy atom. The number of fused-ring (bicyclic) bond motifs is 1. The summed E-state index contributed by atoms with van der Waals surface area (Å²) in [7, 11) is 0. The third kappa shape index (κ3) is 2.40. The molecule has 21 heavy (non-hydrogen) atoms. The predicted molar refractivity (Wildman–Crippen MR) is 80.1 cm³/mol. The molecule has 1 saturated carbocycles. The summed E-state index contributed by atoms with van der Waals surface area (Å²) in [6.07, 6.45) is 0.699. The van der Waals surface area contributed by atoms with Crippen LogP contribution < -0.4 is 0 Å². The highest BCUT2D eigenvalue weighted by molar-refractivity contribution is 5.95. The van der Waals surface area contributed by atoms with Gasteiger partial charge in [-0.15, -0.1) is 0 Å². The maximum atomic E-state index is 12.1. The summed E-state index contributed by atoms with van der Waals surface area (Å²) in [5.74, 6) is 1.00. The molecule has 5 nitrogen and oxygen atoms in total. The number of carbonyl (C=O) groups is 1. The van der Waals surface area contributed by atoms with Crippen LogP contribution in [0.2, 0.25) is 0 Å². The van der Waals surface area contributed by atoms with Crippen LogP contribution in [-0.2, 0) is 9.57 Å². The molecule has 1 amide bonds. The second-order valence-electron chi connectivity index (χ2n) is 8.45. The first kappa shape index (κ1) is 14.7. The van der Waals surface area contributed by atoms with Crippen molar-refractivity contribution >= 4 is 11.8 Å². The molecule has 0 aromatic carbocycles. The number of hydrogen-bond acceptors (Lipinski definition) is 4. The lowest BCUT2D eigenvalue weighted by Crippen LogP contribution is -2.39. The molecule has 2 heterocycles. The summed E-state index contributed by atoms with van der Waals surface area (Å²) < 4.78 is 5.45. The van der Waals surface area contributed by atoms with Crippen LogP contribution in [0.25, 0.3) is 0 Å². The first-order valence-corrected chi connectivity index (χ1v) is 7.76. The fraction of sp³-hybridized carbons (Fsp3) is 0.875. The van der Waals surface area contributed by atoms with Gasteiger partial charge in [0.25, 0.3) is 0 Å². The second-order valence-corrected chi connectivity index (χ2v) is 8.45. The van der Waals surface area contributed by atoms with Crippen LogP contribution >= 0.6 is 0 Å². The number of carbonyl (C=O) groups excluding carboxylic acids is 1. The fourth-order valence-corrected chi connectivity index (χ4v) is 3.72. The number of amides is 1. The van der Waals surface area contributed by atoms with Crippen molar-refractivity contribution in [2.45, 2.75) is 59.2 Å². The molecule has 1 aliphatic carbocycles. The lowest BCUT2D eigenvalue weighted by Gasteiger charge is -2.27. The van der Waals surface area contributed by atoms with E-state index in [0.717, 1.165) is 19.5 Å². The van der Waals surface area contributed by atoms with Gasteiger partial charge in [-0.1, -0.05) is 12.1 Å². The molecular weight excluding hydrogens is 268 g/mol. The molecule has 118 valence electrons. The topological polar surface area (TPSA) is 51.1 Å². The average Bonchev–Trinajstić information content (AvgIpc) is 2.73. The van der Waals surface area contributed by atoms with E-state index in [-0.39, 0.29) is 17.1 Å². The van der Waals surface area contributed by atoms with E-state index < -0.39 is 5.60 Å². The van der Waals surface area contributed by atoms with Crippen molar-refractivity contribution in [3.63, 3.8) is 0 Å². The summed E-state index contributed by atoms with van der Waals surface area (Å²) in [6.45, 7) is 13.6. The molecule has 3 rings (SSSR count). The van der Waals surface area contributed by atoms with E-state index in [1.807, 2.05) is 25.7 Å². The maximum Gasteiger partial charge on any atom is 0.410 e. The monoisotopic (exact) mass is 294 g/mol. The molecule has 2 aliphatic heterocycles. The Hall–Kier alpha value is -1.26. The minimum absolute atomic E-state index is 0.117. The number of piperidine rings is 1. The van der Waals surface area contributed by atoms with E-state index in [0.29, 0.717) is 11.8 Å². The normalized spacial score (nSPS) is 36.9. The van der Waals surface area contributed by atoms with Crippen LogP contribution in [0.15, 0.2) is 5.16 Å². The van der Waals surface area contributed by atoms with Gasteiger partial charge in [-0.25, -0.2) is 4.79 Å². The molecule has 0 N–H and O–H groups in total. The molecule has 3 aliphatic rings. The van der Waals surface area contributed by atoms with Crippen molar-refractivity contribution in [2.75, 3.05) is 13.1 Å². The standard InChI is InChI=1S/C16H26N2O3/c1-14(2,3)20-13(19)18-8-10-11(9-18)16(10,6)12-7-15(4,5)21-17-12/h10-11H,7-9H2,1-6H3/t10-,11?,16?/m1/s1.